The van der Waals surface area contributed by atoms with Gasteiger partial charge in [-0.1, -0.05) is 13.8 Å². The lowest BCUT2D eigenvalue weighted by molar-refractivity contribution is -0.131. The molecule has 5 heteroatoms. The SMILES string of the molecule is Cc1cc(C(=O)CN2C(=O)N[C@@](C)(CC(C)C)C2=O)c(C)c(C)c1C. The molecule has 2 rings (SSSR count). The van der Waals surface area contributed by atoms with E-state index in [2.05, 4.69) is 5.32 Å². The van der Waals surface area contributed by atoms with Gasteiger partial charge in [-0.15, -0.1) is 0 Å². The molecule has 0 unspecified atom stereocenters. The van der Waals surface area contributed by atoms with Crippen LogP contribution >= 0.6 is 0 Å². The van der Waals surface area contributed by atoms with Gasteiger partial charge < -0.3 is 5.32 Å². The van der Waals surface area contributed by atoms with Crippen LogP contribution in [-0.4, -0.2) is 34.7 Å². The number of amides is 3. The first-order valence-electron chi connectivity index (χ1n) is 8.72. The average Bonchev–Trinajstić information content (AvgIpc) is 2.71. The maximum absolute atomic E-state index is 12.8. The monoisotopic (exact) mass is 344 g/mol. The molecule has 0 spiro atoms. The molecule has 1 N–H and O–H groups in total. The fourth-order valence-corrected chi connectivity index (χ4v) is 3.58. The van der Waals surface area contributed by atoms with Crippen LogP contribution in [0.25, 0.3) is 0 Å². The third-order valence-electron chi connectivity index (χ3n) is 5.25. The number of hydrogen-bond acceptors (Lipinski definition) is 3. The van der Waals surface area contributed by atoms with Gasteiger partial charge in [0.15, 0.2) is 5.78 Å². The van der Waals surface area contributed by atoms with Crippen LogP contribution in [0, 0.1) is 33.6 Å². The highest BCUT2D eigenvalue weighted by atomic mass is 16.2. The minimum Gasteiger partial charge on any atom is -0.323 e. The second-order valence-corrected chi connectivity index (χ2v) is 7.79. The second-order valence-electron chi connectivity index (χ2n) is 7.79. The Labute approximate surface area is 149 Å². The molecule has 1 aliphatic heterocycles. The minimum absolute atomic E-state index is 0.207. The number of Topliss-reactive ketones (excluding diaryl/α,β-unsaturated/α-hetero) is 1. The molecule has 1 saturated heterocycles. The smallest absolute Gasteiger partial charge is 0.323 e. The summed E-state index contributed by atoms with van der Waals surface area (Å²) in [6, 6.07) is 1.37. The quantitative estimate of drug-likeness (QED) is 0.657. The summed E-state index contributed by atoms with van der Waals surface area (Å²) in [6.45, 7) is 13.4. The summed E-state index contributed by atoms with van der Waals surface area (Å²) in [7, 11) is 0. The first-order chi connectivity index (χ1) is 11.5. The summed E-state index contributed by atoms with van der Waals surface area (Å²) in [5.74, 6) is -0.270. The normalized spacial score (nSPS) is 20.4. The van der Waals surface area contributed by atoms with Gasteiger partial charge in [-0.25, -0.2) is 4.79 Å². The van der Waals surface area contributed by atoms with Crippen LogP contribution in [0.4, 0.5) is 4.79 Å². The number of hydrogen-bond donors (Lipinski definition) is 1. The van der Waals surface area contributed by atoms with Crippen molar-refractivity contribution < 1.29 is 14.4 Å². The molecule has 0 aliphatic carbocycles. The molecule has 1 fully saturated rings. The molecule has 1 heterocycles. The zero-order chi connectivity index (χ0) is 19.1. The number of aryl methyl sites for hydroxylation is 1. The van der Waals surface area contributed by atoms with Crippen molar-refractivity contribution in [3.8, 4) is 0 Å². The highest BCUT2D eigenvalue weighted by Gasteiger charge is 2.48. The van der Waals surface area contributed by atoms with Gasteiger partial charge in [0.05, 0.1) is 6.54 Å². The zero-order valence-corrected chi connectivity index (χ0v) is 16.2. The van der Waals surface area contributed by atoms with Crippen molar-refractivity contribution in [2.24, 2.45) is 5.92 Å². The number of rotatable bonds is 5. The van der Waals surface area contributed by atoms with Crippen molar-refractivity contribution in [1.29, 1.82) is 0 Å². The fourth-order valence-electron chi connectivity index (χ4n) is 3.58. The summed E-state index contributed by atoms with van der Waals surface area (Å²) in [5.41, 5.74) is 3.83. The van der Waals surface area contributed by atoms with E-state index in [1.54, 1.807) is 6.92 Å². The number of carbonyl (C=O) groups is 3. The molecular weight excluding hydrogens is 316 g/mol. The Morgan fingerprint density at radius 2 is 1.72 bits per heavy atom. The van der Waals surface area contributed by atoms with Crippen LogP contribution in [0.15, 0.2) is 6.07 Å². The van der Waals surface area contributed by atoms with E-state index in [1.165, 1.54) is 0 Å². The summed E-state index contributed by atoms with van der Waals surface area (Å²) in [5, 5.41) is 2.75. The van der Waals surface area contributed by atoms with E-state index in [4.69, 9.17) is 0 Å². The van der Waals surface area contributed by atoms with E-state index in [1.807, 2.05) is 47.6 Å². The van der Waals surface area contributed by atoms with Gasteiger partial charge >= 0.3 is 6.03 Å². The Hall–Kier alpha value is -2.17. The lowest BCUT2D eigenvalue weighted by Crippen LogP contribution is -2.45. The predicted molar refractivity (Wildman–Crippen MR) is 97.8 cm³/mol. The lowest BCUT2D eigenvalue weighted by Gasteiger charge is -2.23. The Kier molecular flexibility index (Phi) is 5.07. The van der Waals surface area contributed by atoms with Crippen molar-refractivity contribution in [3.63, 3.8) is 0 Å². The number of benzene rings is 1. The molecule has 1 aliphatic rings. The number of carbonyl (C=O) groups excluding carboxylic acids is 3. The largest absolute Gasteiger partial charge is 0.325 e. The molecule has 0 saturated carbocycles. The molecule has 0 radical (unpaired) electrons. The standard InChI is InChI=1S/C20H28N2O3/c1-11(2)9-20(7)18(24)22(19(25)21-20)10-17(23)16-8-12(3)13(4)14(5)15(16)6/h8,11H,9-10H2,1-7H3,(H,21,25)/t20-/m0/s1. The summed E-state index contributed by atoms with van der Waals surface area (Å²) in [6.07, 6.45) is 0.546. The maximum atomic E-state index is 12.8. The average molecular weight is 344 g/mol. The Bertz CT molecular complexity index is 752. The van der Waals surface area contributed by atoms with Gasteiger partial charge in [0.25, 0.3) is 5.91 Å². The molecule has 0 aromatic heterocycles. The predicted octanol–water partition coefficient (Wildman–Crippen LogP) is 3.46. The van der Waals surface area contributed by atoms with Gasteiger partial charge in [0.1, 0.15) is 5.54 Å². The van der Waals surface area contributed by atoms with Crippen LogP contribution in [0.2, 0.25) is 0 Å². The summed E-state index contributed by atoms with van der Waals surface area (Å²) in [4.78, 5) is 38.8. The number of imide groups is 1. The van der Waals surface area contributed by atoms with Crippen molar-refractivity contribution in [2.75, 3.05) is 6.54 Å². The molecule has 136 valence electrons. The first-order valence-corrected chi connectivity index (χ1v) is 8.72. The maximum Gasteiger partial charge on any atom is 0.325 e. The van der Waals surface area contributed by atoms with Crippen molar-refractivity contribution in [3.05, 3.63) is 33.9 Å². The number of urea groups is 1. The van der Waals surface area contributed by atoms with Gasteiger partial charge in [0, 0.05) is 5.56 Å². The highest BCUT2D eigenvalue weighted by Crippen LogP contribution is 2.26. The van der Waals surface area contributed by atoms with Crippen LogP contribution < -0.4 is 5.32 Å². The molecule has 25 heavy (non-hydrogen) atoms. The van der Waals surface area contributed by atoms with Crippen molar-refractivity contribution in [1.82, 2.24) is 10.2 Å². The fraction of sp³-hybridized carbons (Fsp3) is 0.550. The Morgan fingerprint density at radius 3 is 2.28 bits per heavy atom. The van der Waals surface area contributed by atoms with E-state index in [0.29, 0.717) is 12.0 Å². The van der Waals surface area contributed by atoms with Crippen LogP contribution in [0.1, 0.15) is 59.8 Å². The van der Waals surface area contributed by atoms with Gasteiger partial charge in [-0.3, -0.25) is 14.5 Å². The van der Waals surface area contributed by atoms with E-state index < -0.39 is 11.6 Å². The molecule has 0 bridgehead atoms. The number of nitrogens with zero attached hydrogens (tertiary/aromatic N) is 1. The van der Waals surface area contributed by atoms with Gasteiger partial charge in [0.2, 0.25) is 0 Å². The van der Waals surface area contributed by atoms with Crippen LogP contribution in [-0.2, 0) is 4.79 Å². The van der Waals surface area contributed by atoms with Gasteiger partial charge in [-0.2, -0.15) is 0 Å². The number of ketones is 1. The second kappa shape index (κ2) is 6.62. The van der Waals surface area contributed by atoms with Crippen molar-refractivity contribution >= 4 is 17.7 Å². The van der Waals surface area contributed by atoms with E-state index >= 15 is 0 Å². The molecule has 5 nitrogen and oxygen atoms in total. The number of nitrogens with one attached hydrogen (secondary N) is 1. The summed E-state index contributed by atoms with van der Waals surface area (Å²) >= 11 is 0. The molecule has 1 aromatic carbocycles. The summed E-state index contributed by atoms with van der Waals surface area (Å²) < 4.78 is 0. The third-order valence-corrected chi connectivity index (χ3v) is 5.25. The Balaban J connectivity index is 2.27. The zero-order valence-electron chi connectivity index (χ0n) is 16.2. The van der Waals surface area contributed by atoms with E-state index in [9.17, 15) is 14.4 Å². The molecule has 1 atom stereocenters. The lowest BCUT2D eigenvalue weighted by atomic mass is 9.90. The van der Waals surface area contributed by atoms with Crippen molar-refractivity contribution in [2.45, 2.75) is 60.4 Å². The van der Waals surface area contributed by atoms with Crippen LogP contribution in [0.3, 0.4) is 0 Å². The minimum atomic E-state index is -0.931. The molecular formula is C20H28N2O3. The Morgan fingerprint density at radius 1 is 1.12 bits per heavy atom. The highest BCUT2D eigenvalue weighted by molar-refractivity contribution is 6.11. The first kappa shape index (κ1) is 19.2. The topological polar surface area (TPSA) is 66.5 Å². The van der Waals surface area contributed by atoms with Crippen LogP contribution in [0.5, 0.6) is 0 Å². The van der Waals surface area contributed by atoms with Gasteiger partial charge in [-0.05, 0) is 75.3 Å². The third kappa shape index (κ3) is 3.46. The molecule has 3 amide bonds. The molecule has 1 aromatic rings. The van der Waals surface area contributed by atoms with E-state index in [0.717, 1.165) is 27.2 Å². The van der Waals surface area contributed by atoms with E-state index in [-0.39, 0.29) is 24.2 Å².